The summed E-state index contributed by atoms with van der Waals surface area (Å²) in [5.74, 6) is -0.207. The molecule has 0 aliphatic heterocycles. The molecule has 0 aromatic heterocycles. The molecule has 2 N–H and O–H groups in total. The van der Waals surface area contributed by atoms with E-state index in [4.69, 9.17) is 5.73 Å². The zero-order valence-electron chi connectivity index (χ0n) is 11.6. The van der Waals surface area contributed by atoms with E-state index in [1.165, 1.54) is 6.07 Å². The minimum Gasteiger partial charge on any atom is -0.398 e. The maximum Gasteiger partial charge on any atom is 0.129 e. The maximum atomic E-state index is 13.7. The number of likely N-dealkylation sites (N-methyl/N-ethyl adjacent to an activating group) is 1. The van der Waals surface area contributed by atoms with Crippen LogP contribution in [0.3, 0.4) is 0 Å². The second-order valence-corrected chi connectivity index (χ2v) is 4.89. The molecule has 0 bridgehead atoms. The Morgan fingerprint density at radius 3 is 2.44 bits per heavy atom. The number of nitrogens with two attached hydrogens (primary N) is 1. The molecule has 0 radical (unpaired) electrons. The first kappa shape index (κ1) is 14.9. The van der Waals surface area contributed by atoms with Gasteiger partial charge in [0.2, 0.25) is 0 Å². The van der Waals surface area contributed by atoms with Gasteiger partial charge in [0.05, 0.1) is 0 Å². The van der Waals surface area contributed by atoms with Gasteiger partial charge in [-0.25, -0.2) is 4.39 Å². The zero-order valence-corrected chi connectivity index (χ0v) is 11.6. The summed E-state index contributed by atoms with van der Waals surface area (Å²) in [5.41, 5.74) is 7.00. The lowest BCUT2D eigenvalue weighted by Crippen LogP contribution is -2.32. The van der Waals surface area contributed by atoms with E-state index in [0.717, 1.165) is 26.1 Å². The van der Waals surface area contributed by atoms with Crippen LogP contribution >= 0.6 is 0 Å². The summed E-state index contributed by atoms with van der Waals surface area (Å²) in [6.45, 7) is 5.57. The van der Waals surface area contributed by atoms with Crippen LogP contribution in [-0.4, -0.2) is 43.5 Å². The van der Waals surface area contributed by atoms with E-state index in [0.29, 0.717) is 17.8 Å². The minimum atomic E-state index is -0.207. The molecule has 102 valence electrons. The lowest BCUT2D eigenvalue weighted by atomic mass is 10.1. The molecule has 0 aliphatic rings. The van der Waals surface area contributed by atoms with Crippen molar-refractivity contribution in [2.45, 2.75) is 19.9 Å². The number of nitrogens with zero attached hydrogens (tertiary/aromatic N) is 2. The molecule has 0 spiro atoms. The molecular weight excluding hydrogens is 229 g/mol. The van der Waals surface area contributed by atoms with E-state index in [2.05, 4.69) is 16.7 Å². The molecule has 0 unspecified atom stereocenters. The van der Waals surface area contributed by atoms with Crippen LogP contribution in [0.2, 0.25) is 0 Å². The van der Waals surface area contributed by atoms with Crippen LogP contribution in [0.5, 0.6) is 0 Å². The second-order valence-electron chi connectivity index (χ2n) is 4.89. The predicted octanol–water partition coefficient (Wildman–Crippen LogP) is 2.18. The zero-order chi connectivity index (χ0) is 13.5. The Balaban J connectivity index is 2.70. The van der Waals surface area contributed by atoms with Crippen LogP contribution in [0.15, 0.2) is 18.2 Å². The fraction of sp³-hybridized carbons (Fsp3) is 0.571. The van der Waals surface area contributed by atoms with Crippen LogP contribution in [-0.2, 0) is 6.54 Å². The summed E-state index contributed by atoms with van der Waals surface area (Å²) in [7, 11) is 4.09. The topological polar surface area (TPSA) is 32.5 Å². The number of rotatable bonds is 7. The average Bonchev–Trinajstić information content (AvgIpc) is 2.30. The third kappa shape index (κ3) is 4.63. The van der Waals surface area contributed by atoms with Gasteiger partial charge in [0, 0.05) is 30.9 Å². The van der Waals surface area contributed by atoms with Crippen LogP contribution in [0.25, 0.3) is 0 Å². The molecule has 0 saturated heterocycles. The van der Waals surface area contributed by atoms with E-state index in [-0.39, 0.29) is 5.82 Å². The van der Waals surface area contributed by atoms with Crippen molar-refractivity contribution in [2.24, 2.45) is 0 Å². The van der Waals surface area contributed by atoms with Gasteiger partial charge >= 0.3 is 0 Å². The fourth-order valence-electron chi connectivity index (χ4n) is 1.89. The highest BCUT2D eigenvalue weighted by molar-refractivity contribution is 5.47. The molecule has 0 fully saturated rings. The van der Waals surface area contributed by atoms with Gasteiger partial charge in [-0.05, 0) is 39.2 Å². The van der Waals surface area contributed by atoms with Crippen molar-refractivity contribution in [3.05, 3.63) is 29.6 Å². The Kier molecular flexibility index (Phi) is 6.09. The highest BCUT2D eigenvalue weighted by Crippen LogP contribution is 2.17. The maximum absolute atomic E-state index is 13.7. The number of halogens is 1. The van der Waals surface area contributed by atoms with Crippen LogP contribution in [0.4, 0.5) is 10.1 Å². The molecule has 0 heterocycles. The number of hydrogen-bond donors (Lipinski definition) is 1. The number of anilines is 1. The number of hydrogen-bond acceptors (Lipinski definition) is 3. The predicted molar refractivity (Wildman–Crippen MR) is 74.9 cm³/mol. The third-order valence-electron chi connectivity index (χ3n) is 2.94. The van der Waals surface area contributed by atoms with Crippen LogP contribution in [0.1, 0.15) is 18.9 Å². The minimum absolute atomic E-state index is 0.207. The van der Waals surface area contributed by atoms with Crippen molar-refractivity contribution in [1.82, 2.24) is 9.80 Å². The first-order valence-corrected chi connectivity index (χ1v) is 6.44. The molecule has 18 heavy (non-hydrogen) atoms. The molecule has 0 amide bonds. The summed E-state index contributed by atoms with van der Waals surface area (Å²) in [4.78, 5) is 4.38. The average molecular weight is 253 g/mol. The van der Waals surface area contributed by atoms with Crippen molar-refractivity contribution < 1.29 is 4.39 Å². The van der Waals surface area contributed by atoms with Crippen molar-refractivity contribution >= 4 is 5.69 Å². The van der Waals surface area contributed by atoms with Gasteiger partial charge in [-0.1, -0.05) is 13.0 Å². The van der Waals surface area contributed by atoms with E-state index in [1.807, 2.05) is 14.1 Å². The van der Waals surface area contributed by atoms with Crippen LogP contribution in [0, 0.1) is 5.82 Å². The Bertz CT molecular complexity index is 346. The highest BCUT2D eigenvalue weighted by atomic mass is 19.1. The molecule has 1 aromatic carbocycles. The summed E-state index contributed by atoms with van der Waals surface area (Å²) < 4.78 is 13.7. The Morgan fingerprint density at radius 2 is 1.89 bits per heavy atom. The number of benzene rings is 1. The van der Waals surface area contributed by atoms with E-state index < -0.39 is 0 Å². The quantitative estimate of drug-likeness (QED) is 0.756. The van der Waals surface area contributed by atoms with Gasteiger partial charge in [-0.3, -0.25) is 4.90 Å². The molecule has 0 atom stereocenters. The third-order valence-corrected chi connectivity index (χ3v) is 2.94. The molecular formula is C14H24FN3. The van der Waals surface area contributed by atoms with Gasteiger partial charge in [-0.2, -0.15) is 0 Å². The van der Waals surface area contributed by atoms with Crippen molar-refractivity contribution in [3.8, 4) is 0 Å². The Morgan fingerprint density at radius 1 is 1.17 bits per heavy atom. The van der Waals surface area contributed by atoms with Gasteiger partial charge in [0.15, 0.2) is 0 Å². The second kappa shape index (κ2) is 7.34. The van der Waals surface area contributed by atoms with Gasteiger partial charge < -0.3 is 10.6 Å². The first-order chi connectivity index (χ1) is 8.54. The summed E-state index contributed by atoms with van der Waals surface area (Å²) in [6, 6.07) is 4.88. The Labute approximate surface area is 109 Å². The normalized spacial score (nSPS) is 11.4. The summed E-state index contributed by atoms with van der Waals surface area (Å²) >= 11 is 0. The fourth-order valence-corrected chi connectivity index (χ4v) is 1.89. The molecule has 0 saturated carbocycles. The van der Waals surface area contributed by atoms with Crippen molar-refractivity contribution in [1.29, 1.82) is 0 Å². The van der Waals surface area contributed by atoms with E-state index in [1.54, 1.807) is 12.1 Å². The van der Waals surface area contributed by atoms with Crippen LogP contribution < -0.4 is 5.73 Å². The standard InChI is InChI=1S/C14H24FN3/c1-4-8-18(10-9-17(2)3)11-12-13(15)6-5-7-14(12)16/h5-7H,4,8-11,16H2,1-3H3. The summed E-state index contributed by atoms with van der Waals surface area (Å²) in [5, 5.41) is 0. The first-order valence-electron chi connectivity index (χ1n) is 6.44. The van der Waals surface area contributed by atoms with E-state index >= 15 is 0 Å². The molecule has 4 heteroatoms. The van der Waals surface area contributed by atoms with Crippen molar-refractivity contribution in [3.63, 3.8) is 0 Å². The molecule has 1 aromatic rings. The largest absolute Gasteiger partial charge is 0.398 e. The SMILES string of the molecule is CCCN(CCN(C)C)Cc1c(N)cccc1F. The molecule has 3 nitrogen and oxygen atoms in total. The Hall–Kier alpha value is -1.13. The lowest BCUT2D eigenvalue weighted by molar-refractivity contribution is 0.232. The van der Waals surface area contributed by atoms with E-state index in [9.17, 15) is 4.39 Å². The van der Waals surface area contributed by atoms with Gasteiger partial charge in [0.1, 0.15) is 5.82 Å². The lowest BCUT2D eigenvalue weighted by Gasteiger charge is -2.24. The van der Waals surface area contributed by atoms with Gasteiger partial charge in [-0.15, -0.1) is 0 Å². The molecule has 1 rings (SSSR count). The summed E-state index contributed by atoms with van der Waals surface area (Å²) in [6.07, 6.45) is 1.06. The molecule has 0 aliphatic carbocycles. The monoisotopic (exact) mass is 253 g/mol. The highest BCUT2D eigenvalue weighted by Gasteiger charge is 2.11. The van der Waals surface area contributed by atoms with Crippen molar-refractivity contribution in [2.75, 3.05) is 39.5 Å². The van der Waals surface area contributed by atoms with Gasteiger partial charge in [0.25, 0.3) is 0 Å². The smallest absolute Gasteiger partial charge is 0.129 e. The number of nitrogen functional groups attached to an aromatic ring is 1.